The third kappa shape index (κ3) is 8.34. The van der Waals surface area contributed by atoms with Gasteiger partial charge in [0.2, 0.25) is 0 Å². The fourth-order valence-electron chi connectivity index (χ4n) is 5.40. The van der Waals surface area contributed by atoms with Crippen molar-refractivity contribution in [1.82, 2.24) is 0 Å². The first-order valence-electron chi connectivity index (χ1n) is 14.4. The first kappa shape index (κ1) is 40.0. The van der Waals surface area contributed by atoms with Crippen LogP contribution in [0.1, 0.15) is 11.1 Å². The number of rotatable bonds is 7. The summed E-state index contributed by atoms with van der Waals surface area (Å²) >= 11 is 0. The summed E-state index contributed by atoms with van der Waals surface area (Å²) in [5.41, 5.74) is 16.2. The van der Waals surface area contributed by atoms with Crippen LogP contribution in [0.3, 0.4) is 0 Å². The van der Waals surface area contributed by atoms with E-state index >= 15 is 0 Å². The monoisotopic (exact) mass is 740 g/mol. The molecule has 0 saturated carbocycles. The SMILES string of the molecule is Cc1cc(-c2ccc(N=Nc3c(N)ccc4ccccc34)c(C)c2)ccc1N=Nc1c(S(=O)(=O)O)cc2cc(S(=O)(=O)[O-])cc(N)c2c1[O-].[Na+].[Na+]. The minimum Gasteiger partial charge on any atom is -0.870 e. The number of aryl methyl sites for hydroxylation is 2. The van der Waals surface area contributed by atoms with Crippen LogP contribution in [0.2, 0.25) is 0 Å². The third-order valence-electron chi connectivity index (χ3n) is 7.88. The molecule has 0 atom stereocenters. The van der Waals surface area contributed by atoms with Gasteiger partial charge in [0.25, 0.3) is 10.1 Å². The van der Waals surface area contributed by atoms with Crippen LogP contribution in [-0.4, -0.2) is 25.9 Å². The Kier molecular flexibility index (Phi) is 12.1. The Morgan fingerprint density at radius 2 is 1.22 bits per heavy atom. The van der Waals surface area contributed by atoms with Crippen molar-refractivity contribution in [3.05, 3.63) is 102 Å². The normalized spacial score (nSPS) is 12.0. The molecule has 248 valence electrons. The van der Waals surface area contributed by atoms with Gasteiger partial charge in [-0.25, -0.2) is 8.42 Å². The summed E-state index contributed by atoms with van der Waals surface area (Å²) < 4.78 is 68.8. The fraction of sp³-hybridized carbons (Fsp3) is 0.0588. The number of azo groups is 2. The molecule has 0 unspecified atom stereocenters. The van der Waals surface area contributed by atoms with E-state index in [4.69, 9.17) is 11.5 Å². The number of benzene rings is 6. The van der Waals surface area contributed by atoms with Crippen molar-refractivity contribution in [2.75, 3.05) is 11.5 Å². The van der Waals surface area contributed by atoms with Gasteiger partial charge in [0, 0.05) is 11.1 Å². The summed E-state index contributed by atoms with van der Waals surface area (Å²) in [5, 5.41) is 31.5. The van der Waals surface area contributed by atoms with Gasteiger partial charge < -0.3 is 21.1 Å². The summed E-state index contributed by atoms with van der Waals surface area (Å²) in [6.07, 6.45) is 0. The van der Waals surface area contributed by atoms with E-state index in [1.807, 2.05) is 61.5 Å². The van der Waals surface area contributed by atoms with Gasteiger partial charge in [-0.2, -0.15) is 18.6 Å². The van der Waals surface area contributed by atoms with Crippen LogP contribution in [0.4, 0.5) is 34.1 Å². The van der Waals surface area contributed by atoms with Crippen LogP contribution in [0, 0.1) is 13.8 Å². The largest absolute Gasteiger partial charge is 1.00 e. The second kappa shape index (κ2) is 15.5. The van der Waals surface area contributed by atoms with Crippen LogP contribution in [0.5, 0.6) is 5.75 Å². The summed E-state index contributed by atoms with van der Waals surface area (Å²) in [5.74, 6) is -1.04. The molecular formula is C34H26N6Na2O7S2. The molecule has 17 heteroatoms. The average molecular weight is 741 g/mol. The van der Waals surface area contributed by atoms with E-state index in [1.165, 1.54) is 0 Å². The van der Waals surface area contributed by atoms with Crippen molar-refractivity contribution in [2.24, 2.45) is 20.5 Å². The van der Waals surface area contributed by atoms with Crippen LogP contribution in [0.15, 0.2) is 121 Å². The molecule has 5 N–H and O–H groups in total. The second-order valence-electron chi connectivity index (χ2n) is 11.2. The zero-order chi connectivity index (χ0) is 35.2. The molecule has 6 rings (SSSR count). The second-order valence-corrected chi connectivity index (χ2v) is 14.0. The molecule has 0 aliphatic rings. The van der Waals surface area contributed by atoms with Gasteiger partial charge in [0.15, 0.2) is 0 Å². The van der Waals surface area contributed by atoms with Gasteiger partial charge in [-0.1, -0.05) is 48.2 Å². The van der Waals surface area contributed by atoms with Crippen molar-refractivity contribution < 1.29 is 90.2 Å². The summed E-state index contributed by atoms with van der Waals surface area (Å²) in [7, 11) is -10.0. The molecule has 6 aromatic carbocycles. The number of nitrogens with two attached hydrogens (primary N) is 2. The molecule has 0 saturated heterocycles. The molecule has 13 nitrogen and oxygen atoms in total. The van der Waals surface area contributed by atoms with Crippen molar-refractivity contribution >= 4 is 75.9 Å². The standard InChI is InChI=1S/C34H28N6O7S2.2Na/c1-18-13-21(8-11-28(18)37-39-32-25-6-4-3-5-20(25)7-10-26(32)35)22-9-12-29(19(2)14-22)38-40-33-30(49(45,46)47)16-23-15-24(48(42,43)44)17-27(36)31(23)34(33)41;;/h3-17,41H,35-36H2,1-2H3,(H,42,43,44)(H,45,46,47);;/q;2*+1/p-2. The molecule has 0 radical (unpaired) electrons. The van der Waals surface area contributed by atoms with Crippen LogP contribution in [0.25, 0.3) is 32.7 Å². The van der Waals surface area contributed by atoms with E-state index in [2.05, 4.69) is 20.5 Å². The minimum absolute atomic E-state index is 0. The van der Waals surface area contributed by atoms with E-state index in [1.54, 1.807) is 25.1 Å². The molecule has 0 aliphatic carbocycles. The predicted molar refractivity (Wildman–Crippen MR) is 184 cm³/mol. The Bertz CT molecular complexity index is 2640. The van der Waals surface area contributed by atoms with Crippen LogP contribution >= 0.6 is 0 Å². The molecule has 0 fully saturated rings. The molecule has 51 heavy (non-hydrogen) atoms. The van der Waals surface area contributed by atoms with Gasteiger partial charge >= 0.3 is 59.1 Å². The minimum atomic E-state index is -5.05. The number of hydrogen-bond acceptors (Lipinski definition) is 12. The Morgan fingerprint density at radius 3 is 1.76 bits per heavy atom. The smallest absolute Gasteiger partial charge is 0.870 e. The van der Waals surface area contributed by atoms with Gasteiger partial charge in [-0.15, -0.1) is 10.2 Å². The van der Waals surface area contributed by atoms with Crippen molar-refractivity contribution in [3.63, 3.8) is 0 Å². The predicted octanol–water partition coefficient (Wildman–Crippen LogP) is 1.50. The maximum atomic E-state index is 13.3. The molecule has 0 bridgehead atoms. The Labute approximate surface area is 337 Å². The molecule has 0 heterocycles. The first-order chi connectivity index (χ1) is 23.1. The number of nitrogen functional groups attached to an aromatic ring is 2. The Morgan fingerprint density at radius 1 is 0.647 bits per heavy atom. The topological polar surface area (TPSA) is 236 Å². The maximum absolute atomic E-state index is 13.3. The Balaban J connectivity index is 0.00000292. The first-order valence-corrected chi connectivity index (χ1v) is 17.3. The van der Waals surface area contributed by atoms with E-state index in [0.717, 1.165) is 45.7 Å². The fourth-order valence-corrected chi connectivity index (χ4v) is 6.59. The van der Waals surface area contributed by atoms with E-state index in [-0.39, 0.29) is 69.9 Å². The number of fused-ring (bicyclic) bond motifs is 2. The van der Waals surface area contributed by atoms with E-state index < -0.39 is 47.2 Å². The molecule has 0 amide bonds. The maximum Gasteiger partial charge on any atom is 1.00 e. The number of hydrogen-bond donors (Lipinski definition) is 3. The zero-order valence-electron chi connectivity index (χ0n) is 27.8. The van der Waals surface area contributed by atoms with Gasteiger partial charge in [-0.3, -0.25) is 4.55 Å². The molecule has 0 spiro atoms. The van der Waals surface area contributed by atoms with Crippen molar-refractivity contribution in [3.8, 4) is 16.9 Å². The summed E-state index contributed by atoms with van der Waals surface area (Å²) in [6, 6.07) is 24.8. The average Bonchev–Trinajstić information content (AvgIpc) is 3.03. The molecule has 6 aromatic rings. The van der Waals surface area contributed by atoms with Gasteiger partial charge in [-0.05, 0) is 101 Å². The van der Waals surface area contributed by atoms with Crippen molar-refractivity contribution in [2.45, 2.75) is 23.6 Å². The van der Waals surface area contributed by atoms with Crippen LogP contribution in [-0.2, 0) is 20.2 Å². The quantitative estimate of drug-likeness (QED) is 0.0930. The van der Waals surface area contributed by atoms with Gasteiger partial charge in [0.1, 0.15) is 20.7 Å². The number of anilines is 2. The summed E-state index contributed by atoms with van der Waals surface area (Å²) in [6.45, 7) is 3.65. The number of nitrogens with zero attached hydrogens (tertiary/aromatic N) is 4. The van der Waals surface area contributed by atoms with Crippen molar-refractivity contribution in [1.29, 1.82) is 0 Å². The van der Waals surface area contributed by atoms with E-state index in [9.17, 15) is 31.0 Å². The summed E-state index contributed by atoms with van der Waals surface area (Å²) in [4.78, 5) is -1.71. The molecule has 0 aliphatic heterocycles. The third-order valence-corrected chi connectivity index (χ3v) is 9.56. The van der Waals surface area contributed by atoms with Gasteiger partial charge in [0.05, 0.1) is 27.6 Å². The molecule has 0 aromatic heterocycles. The van der Waals surface area contributed by atoms with Crippen LogP contribution < -0.4 is 75.7 Å². The zero-order valence-corrected chi connectivity index (χ0v) is 33.5. The van der Waals surface area contributed by atoms with E-state index in [0.29, 0.717) is 28.3 Å². The Hall–Kier alpha value is -3.74. The molecular weight excluding hydrogens is 715 g/mol.